The zero-order chi connectivity index (χ0) is 14.5. The molecule has 0 saturated carbocycles. The van der Waals surface area contributed by atoms with Crippen LogP contribution >= 0.6 is 0 Å². The van der Waals surface area contributed by atoms with Gasteiger partial charge in [0, 0.05) is 37.5 Å². The Balaban J connectivity index is 2.25. The minimum atomic E-state index is -0.127. The predicted molar refractivity (Wildman–Crippen MR) is 80.7 cm³/mol. The number of hydrogen-bond donors (Lipinski definition) is 1. The van der Waals surface area contributed by atoms with E-state index in [-0.39, 0.29) is 11.9 Å². The van der Waals surface area contributed by atoms with Gasteiger partial charge >= 0.3 is 0 Å². The van der Waals surface area contributed by atoms with E-state index in [1.54, 1.807) is 19.2 Å². The largest absolute Gasteiger partial charge is 0.384 e. The number of ether oxygens (including phenoxy) is 1. The van der Waals surface area contributed by atoms with Crippen molar-refractivity contribution in [2.45, 2.75) is 25.8 Å². The normalized spacial score (nSPS) is 21.0. The van der Waals surface area contributed by atoms with Crippen molar-refractivity contribution in [1.82, 2.24) is 5.32 Å². The van der Waals surface area contributed by atoms with Gasteiger partial charge in [-0.3, -0.25) is 0 Å². The third-order valence-corrected chi connectivity index (χ3v) is 4.16. The van der Waals surface area contributed by atoms with Crippen LogP contribution in [-0.4, -0.2) is 33.9 Å². The summed E-state index contributed by atoms with van der Waals surface area (Å²) in [7, 11) is 3.61. The van der Waals surface area contributed by atoms with E-state index >= 15 is 0 Å². The zero-order valence-corrected chi connectivity index (χ0v) is 12.7. The molecule has 0 bridgehead atoms. The van der Waals surface area contributed by atoms with E-state index in [9.17, 15) is 4.39 Å². The molecule has 1 aliphatic heterocycles. The van der Waals surface area contributed by atoms with E-state index in [4.69, 9.17) is 4.74 Å². The van der Waals surface area contributed by atoms with Crippen LogP contribution in [0.25, 0.3) is 0 Å². The SMILES string of the molecule is CNC(C)c1c(F)cccc1N1CCCC(COC)C1. The molecule has 3 nitrogen and oxygen atoms in total. The average Bonchev–Trinajstić information content (AvgIpc) is 2.47. The topological polar surface area (TPSA) is 24.5 Å². The third-order valence-electron chi connectivity index (χ3n) is 4.16. The first-order valence-electron chi connectivity index (χ1n) is 7.37. The second-order valence-electron chi connectivity index (χ2n) is 5.59. The summed E-state index contributed by atoms with van der Waals surface area (Å²) in [5.74, 6) is 0.410. The van der Waals surface area contributed by atoms with E-state index in [1.807, 2.05) is 20.0 Å². The predicted octanol–water partition coefficient (Wildman–Crippen LogP) is 2.97. The monoisotopic (exact) mass is 280 g/mol. The number of anilines is 1. The van der Waals surface area contributed by atoms with Crippen LogP contribution in [0.4, 0.5) is 10.1 Å². The maximum atomic E-state index is 14.2. The number of hydrogen-bond acceptors (Lipinski definition) is 3. The number of nitrogens with one attached hydrogen (secondary N) is 1. The fraction of sp³-hybridized carbons (Fsp3) is 0.625. The number of rotatable bonds is 5. The van der Waals surface area contributed by atoms with Gasteiger partial charge in [0.05, 0.1) is 6.61 Å². The number of methoxy groups -OCH3 is 1. The highest BCUT2D eigenvalue weighted by atomic mass is 19.1. The van der Waals surface area contributed by atoms with Gasteiger partial charge in [-0.25, -0.2) is 4.39 Å². The second-order valence-corrected chi connectivity index (χ2v) is 5.59. The first-order valence-corrected chi connectivity index (χ1v) is 7.37. The molecule has 0 amide bonds. The maximum Gasteiger partial charge on any atom is 0.130 e. The molecule has 1 heterocycles. The van der Waals surface area contributed by atoms with Crippen molar-refractivity contribution in [2.24, 2.45) is 5.92 Å². The molecule has 1 aromatic carbocycles. The minimum Gasteiger partial charge on any atom is -0.384 e. The van der Waals surface area contributed by atoms with E-state index < -0.39 is 0 Å². The first kappa shape index (κ1) is 15.3. The van der Waals surface area contributed by atoms with E-state index in [0.717, 1.165) is 37.4 Å². The second kappa shape index (κ2) is 7.04. The minimum absolute atomic E-state index is 0.00833. The fourth-order valence-corrected chi connectivity index (χ4v) is 3.03. The number of halogens is 1. The van der Waals surface area contributed by atoms with Crippen molar-refractivity contribution in [3.05, 3.63) is 29.6 Å². The molecular weight excluding hydrogens is 255 g/mol. The van der Waals surface area contributed by atoms with Gasteiger partial charge in [0.15, 0.2) is 0 Å². The number of benzene rings is 1. The molecule has 2 atom stereocenters. The Morgan fingerprint density at radius 2 is 2.30 bits per heavy atom. The summed E-state index contributed by atoms with van der Waals surface area (Å²) >= 11 is 0. The lowest BCUT2D eigenvalue weighted by atomic mass is 9.96. The van der Waals surface area contributed by atoms with Gasteiger partial charge < -0.3 is 15.0 Å². The highest BCUT2D eigenvalue weighted by Crippen LogP contribution is 2.31. The quantitative estimate of drug-likeness (QED) is 0.897. The lowest BCUT2D eigenvalue weighted by Crippen LogP contribution is -2.38. The molecular formula is C16H25FN2O. The van der Waals surface area contributed by atoms with Gasteiger partial charge in [-0.2, -0.15) is 0 Å². The van der Waals surface area contributed by atoms with Crippen molar-refractivity contribution >= 4 is 5.69 Å². The Kier molecular flexibility index (Phi) is 5.38. The van der Waals surface area contributed by atoms with Crippen LogP contribution in [0.2, 0.25) is 0 Å². The van der Waals surface area contributed by atoms with Crippen LogP contribution < -0.4 is 10.2 Å². The van der Waals surface area contributed by atoms with Crippen molar-refractivity contribution < 1.29 is 9.13 Å². The van der Waals surface area contributed by atoms with Gasteiger partial charge in [0.25, 0.3) is 0 Å². The van der Waals surface area contributed by atoms with Crippen LogP contribution in [0, 0.1) is 11.7 Å². The van der Waals surface area contributed by atoms with Gasteiger partial charge in [0.1, 0.15) is 5.82 Å². The molecule has 1 aliphatic rings. The van der Waals surface area contributed by atoms with Crippen LogP contribution in [0.5, 0.6) is 0 Å². The summed E-state index contributed by atoms with van der Waals surface area (Å²) in [5.41, 5.74) is 1.79. The molecule has 1 fully saturated rings. The summed E-state index contributed by atoms with van der Waals surface area (Å²) in [6, 6.07) is 5.38. The number of nitrogens with zero attached hydrogens (tertiary/aromatic N) is 1. The Morgan fingerprint density at radius 3 is 3.00 bits per heavy atom. The molecule has 0 radical (unpaired) electrons. The van der Waals surface area contributed by atoms with E-state index in [0.29, 0.717) is 5.92 Å². The molecule has 4 heteroatoms. The highest BCUT2D eigenvalue weighted by Gasteiger charge is 2.24. The van der Waals surface area contributed by atoms with Crippen LogP contribution in [-0.2, 0) is 4.74 Å². The standard InChI is InChI=1S/C16H25FN2O/c1-12(18-2)16-14(17)7-4-8-15(16)19-9-5-6-13(10-19)11-20-3/h4,7-8,12-13,18H,5-6,9-11H2,1-3H3. The summed E-state index contributed by atoms with van der Waals surface area (Å²) in [6.45, 7) is 4.72. The van der Waals surface area contributed by atoms with Gasteiger partial charge in [-0.15, -0.1) is 0 Å². The van der Waals surface area contributed by atoms with Gasteiger partial charge in [0.2, 0.25) is 0 Å². The lowest BCUT2D eigenvalue weighted by Gasteiger charge is -2.36. The molecule has 0 aromatic heterocycles. The van der Waals surface area contributed by atoms with E-state index in [1.165, 1.54) is 6.42 Å². The Morgan fingerprint density at radius 1 is 1.50 bits per heavy atom. The summed E-state index contributed by atoms with van der Waals surface area (Å²) in [6.07, 6.45) is 2.33. The zero-order valence-electron chi connectivity index (χ0n) is 12.7. The van der Waals surface area contributed by atoms with Crippen molar-refractivity contribution in [3.63, 3.8) is 0 Å². The van der Waals surface area contributed by atoms with Crippen LogP contribution in [0.1, 0.15) is 31.4 Å². The molecule has 112 valence electrons. The van der Waals surface area contributed by atoms with Crippen LogP contribution in [0.15, 0.2) is 18.2 Å². The molecule has 2 unspecified atom stereocenters. The Bertz CT molecular complexity index is 436. The number of piperidine rings is 1. The first-order chi connectivity index (χ1) is 9.67. The van der Waals surface area contributed by atoms with E-state index in [2.05, 4.69) is 10.2 Å². The smallest absolute Gasteiger partial charge is 0.130 e. The average molecular weight is 280 g/mol. The molecule has 1 saturated heterocycles. The Labute approximate surface area is 121 Å². The third kappa shape index (κ3) is 3.30. The molecule has 2 rings (SSSR count). The highest BCUT2D eigenvalue weighted by molar-refractivity contribution is 5.56. The van der Waals surface area contributed by atoms with Gasteiger partial charge in [-0.1, -0.05) is 6.07 Å². The molecule has 0 spiro atoms. The molecule has 0 aliphatic carbocycles. The molecule has 1 aromatic rings. The van der Waals surface area contributed by atoms with Crippen LogP contribution in [0.3, 0.4) is 0 Å². The lowest BCUT2D eigenvalue weighted by molar-refractivity contribution is 0.143. The van der Waals surface area contributed by atoms with Crippen molar-refractivity contribution in [1.29, 1.82) is 0 Å². The summed E-state index contributed by atoms with van der Waals surface area (Å²) in [5, 5.41) is 3.15. The van der Waals surface area contributed by atoms with Gasteiger partial charge in [-0.05, 0) is 44.9 Å². The van der Waals surface area contributed by atoms with Crippen molar-refractivity contribution in [3.8, 4) is 0 Å². The molecule has 20 heavy (non-hydrogen) atoms. The van der Waals surface area contributed by atoms with Crippen molar-refractivity contribution in [2.75, 3.05) is 38.8 Å². The molecule has 1 N–H and O–H groups in total. The maximum absolute atomic E-state index is 14.2. The fourth-order valence-electron chi connectivity index (χ4n) is 3.03. The summed E-state index contributed by atoms with van der Waals surface area (Å²) < 4.78 is 19.5. The summed E-state index contributed by atoms with van der Waals surface area (Å²) in [4.78, 5) is 2.31. The Hall–Kier alpha value is -1.13.